The molecule has 10 heteroatoms. The van der Waals surface area contributed by atoms with Gasteiger partial charge in [0, 0.05) is 32.1 Å². The van der Waals surface area contributed by atoms with Gasteiger partial charge in [0.05, 0.1) is 18.7 Å². The molecule has 1 aromatic rings. The van der Waals surface area contributed by atoms with Gasteiger partial charge in [0.15, 0.2) is 5.13 Å². The molecule has 1 aliphatic carbocycles. The van der Waals surface area contributed by atoms with E-state index in [1.165, 1.54) is 6.42 Å². The second kappa shape index (κ2) is 11.1. The summed E-state index contributed by atoms with van der Waals surface area (Å²) in [6.07, 6.45) is 6.95. The largest absolute Gasteiger partial charge is 0.466 e. The Bertz CT molecular complexity index is 788. The van der Waals surface area contributed by atoms with Crippen LogP contribution in [0.5, 0.6) is 0 Å². The lowest BCUT2D eigenvalue weighted by Gasteiger charge is -2.43. The van der Waals surface area contributed by atoms with Gasteiger partial charge in [-0.2, -0.15) is 0 Å². The predicted molar refractivity (Wildman–Crippen MR) is 120 cm³/mol. The molecule has 31 heavy (non-hydrogen) atoms. The Kier molecular flexibility index (Phi) is 8.54. The monoisotopic (exact) mass is 470 g/mol. The Hall–Kier alpha value is -1.87. The van der Waals surface area contributed by atoms with Crippen LogP contribution in [0.4, 0.5) is 9.93 Å². The highest BCUT2D eigenvalue weighted by atomic mass is 35.5. The molecule has 1 N–H and O–H groups in total. The van der Waals surface area contributed by atoms with E-state index in [0.717, 1.165) is 49.9 Å². The number of urea groups is 1. The topological polar surface area (TPSA) is 91.8 Å². The van der Waals surface area contributed by atoms with Gasteiger partial charge in [-0.3, -0.25) is 14.9 Å². The summed E-state index contributed by atoms with van der Waals surface area (Å²) in [6.45, 7) is 4.97. The quantitative estimate of drug-likeness (QED) is 0.632. The summed E-state index contributed by atoms with van der Waals surface area (Å²) in [4.78, 5) is 45.0. The van der Waals surface area contributed by atoms with Gasteiger partial charge in [-0.1, -0.05) is 42.2 Å². The zero-order chi connectivity index (χ0) is 22.4. The van der Waals surface area contributed by atoms with Gasteiger partial charge in [0.2, 0.25) is 5.91 Å². The van der Waals surface area contributed by atoms with Crippen molar-refractivity contribution in [1.82, 2.24) is 14.8 Å². The lowest BCUT2D eigenvalue weighted by Crippen LogP contribution is -2.54. The molecule has 0 bridgehead atoms. The number of piperidine rings is 1. The van der Waals surface area contributed by atoms with Crippen molar-refractivity contribution in [2.75, 3.05) is 25.0 Å². The number of ether oxygens (including phenoxy) is 1. The molecule has 3 rings (SSSR count). The van der Waals surface area contributed by atoms with Crippen molar-refractivity contribution in [1.29, 1.82) is 0 Å². The van der Waals surface area contributed by atoms with Crippen LogP contribution in [0, 0.1) is 0 Å². The first-order chi connectivity index (χ1) is 14.9. The number of amides is 3. The molecule has 0 atom stereocenters. The third kappa shape index (κ3) is 6.32. The third-order valence-corrected chi connectivity index (χ3v) is 7.24. The number of nitrogens with one attached hydrogen (secondary N) is 1. The van der Waals surface area contributed by atoms with Gasteiger partial charge >= 0.3 is 12.0 Å². The smallest absolute Gasteiger partial charge is 0.324 e. The van der Waals surface area contributed by atoms with E-state index in [9.17, 15) is 14.4 Å². The average Bonchev–Trinajstić information content (AvgIpc) is 3.08. The van der Waals surface area contributed by atoms with Crippen LogP contribution in [0.15, 0.2) is 0 Å². The molecule has 1 saturated heterocycles. The molecule has 172 valence electrons. The number of thiazole rings is 1. The highest BCUT2D eigenvalue weighted by Crippen LogP contribution is 2.31. The fourth-order valence-corrected chi connectivity index (χ4v) is 5.48. The number of likely N-dealkylation sites (tertiary alicyclic amines) is 1. The number of nitrogens with zero attached hydrogens (tertiary/aromatic N) is 3. The summed E-state index contributed by atoms with van der Waals surface area (Å²) >= 11 is 7.39. The number of rotatable bonds is 6. The Balaban J connectivity index is 1.70. The summed E-state index contributed by atoms with van der Waals surface area (Å²) in [7, 11) is 0. The summed E-state index contributed by atoms with van der Waals surface area (Å²) < 4.78 is 5.33. The van der Waals surface area contributed by atoms with Crippen molar-refractivity contribution in [2.24, 2.45) is 0 Å². The molecule has 0 unspecified atom stereocenters. The van der Waals surface area contributed by atoms with E-state index in [4.69, 9.17) is 16.3 Å². The maximum atomic E-state index is 13.3. The zero-order valence-electron chi connectivity index (χ0n) is 18.2. The molecule has 0 spiro atoms. The highest BCUT2D eigenvalue weighted by molar-refractivity contribution is 7.19. The molecule has 1 saturated carbocycles. The minimum atomic E-state index is -0.395. The summed E-state index contributed by atoms with van der Waals surface area (Å²) in [5.41, 5.74) is 0.416. The summed E-state index contributed by atoms with van der Waals surface area (Å²) in [5, 5.41) is 3.30. The van der Waals surface area contributed by atoms with Crippen LogP contribution in [0.25, 0.3) is 0 Å². The van der Waals surface area contributed by atoms with Crippen LogP contribution in [0.3, 0.4) is 0 Å². The SMILES string of the molecule is CCOC(=O)Cc1nc(NC(=O)N(C2CCCCC2)C2CCN(C(C)=O)CC2)sc1Cl. The van der Waals surface area contributed by atoms with Crippen molar-refractivity contribution in [2.45, 2.75) is 77.3 Å². The molecule has 2 fully saturated rings. The van der Waals surface area contributed by atoms with Crippen molar-refractivity contribution in [3.8, 4) is 0 Å². The van der Waals surface area contributed by atoms with Crippen LogP contribution < -0.4 is 5.32 Å². The van der Waals surface area contributed by atoms with E-state index in [1.807, 2.05) is 9.80 Å². The molecular formula is C21H31ClN4O4S. The van der Waals surface area contributed by atoms with Crippen LogP contribution >= 0.6 is 22.9 Å². The molecule has 1 aromatic heterocycles. The normalized spacial score (nSPS) is 18.0. The third-order valence-electron chi connectivity index (χ3n) is 5.99. The van der Waals surface area contributed by atoms with Crippen molar-refractivity contribution in [3.05, 3.63) is 10.0 Å². The molecule has 0 radical (unpaired) electrons. The second-order valence-electron chi connectivity index (χ2n) is 8.09. The minimum absolute atomic E-state index is 0.0190. The highest BCUT2D eigenvalue weighted by Gasteiger charge is 2.34. The molecule has 0 aromatic carbocycles. The first kappa shape index (κ1) is 23.8. The maximum absolute atomic E-state index is 13.3. The molecule has 1 aliphatic heterocycles. The number of carbonyl (C=O) groups is 3. The lowest BCUT2D eigenvalue weighted by atomic mass is 9.91. The van der Waals surface area contributed by atoms with Gasteiger partial charge in [0.1, 0.15) is 4.34 Å². The average molecular weight is 471 g/mol. The van der Waals surface area contributed by atoms with E-state index in [1.54, 1.807) is 13.8 Å². The Labute approximate surface area is 192 Å². The molecule has 2 aliphatic rings. The molecule has 8 nitrogen and oxygen atoms in total. The Morgan fingerprint density at radius 1 is 1.16 bits per heavy atom. The van der Waals surface area contributed by atoms with Gasteiger partial charge in [0.25, 0.3) is 0 Å². The predicted octanol–water partition coefficient (Wildman–Crippen LogP) is 4.08. The second-order valence-corrected chi connectivity index (χ2v) is 9.69. The minimum Gasteiger partial charge on any atom is -0.466 e. The number of esters is 1. The number of anilines is 1. The molecular weight excluding hydrogens is 440 g/mol. The Morgan fingerprint density at radius 2 is 1.81 bits per heavy atom. The fourth-order valence-electron chi connectivity index (χ4n) is 4.45. The maximum Gasteiger partial charge on any atom is 0.324 e. The lowest BCUT2D eigenvalue weighted by molar-refractivity contribution is -0.142. The van der Waals surface area contributed by atoms with Gasteiger partial charge in [-0.25, -0.2) is 9.78 Å². The summed E-state index contributed by atoms with van der Waals surface area (Å²) in [5.74, 6) is -0.313. The summed E-state index contributed by atoms with van der Waals surface area (Å²) in [6, 6.07) is 0.103. The number of hydrogen-bond donors (Lipinski definition) is 1. The van der Waals surface area contributed by atoms with Gasteiger partial charge in [-0.05, 0) is 32.6 Å². The van der Waals surface area contributed by atoms with Crippen molar-refractivity contribution >= 4 is 46.0 Å². The number of aromatic nitrogens is 1. The molecule has 2 heterocycles. The van der Waals surface area contributed by atoms with Crippen LogP contribution in [0.1, 0.15) is 64.5 Å². The van der Waals surface area contributed by atoms with E-state index in [0.29, 0.717) is 34.9 Å². The number of halogens is 1. The van der Waals surface area contributed by atoms with E-state index in [-0.39, 0.29) is 30.4 Å². The van der Waals surface area contributed by atoms with Crippen molar-refractivity contribution < 1.29 is 19.1 Å². The van der Waals surface area contributed by atoms with E-state index in [2.05, 4.69) is 10.3 Å². The number of hydrogen-bond acceptors (Lipinski definition) is 6. The number of carbonyl (C=O) groups excluding carboxylic acids is 3. The van der Waals surface area contributed by atoms with Gasteiger partial charge < -0.3 is 14.5 Å². The standard InChI is InChI=1S/C21H31ClN4O4S/c1-3-30-18(28)13-17-19(22)31-20(23-17)24-21(29)26(15-7-5-4-6-8-15)16-9-11-25(12-10-16)14(2)27/h15-16H,3-13H2,1-2H3,(H,23,24,29). The van der Waals surface area contributed by atoms with E-state index >= 15 is 0 Å². The van der Waals surface area contributed by atoms with E-state index < -0.39 is 5.97 Å². The van der Waals surface area contributed by atoms with Crippen LogP contribution in [0.2, 0.25) is 4.34 Å². The fraction of sp³-hybridized carbons (Fsp3) is 0.714. The zero-order valence-corrected chi connectivity index (χ0v) is 19.8. The van der Waals surface area contributed by atoms with Gasteiger partial charge in [-0.15, -0.1) is 0 Å². The van der Waals surface area contributed by atoms with Crippen LogP contribution in [-0.4, -0.2) is 64.5 Å². The molecule has 3 amide bonds. The van der Waals surface area contributed by atoms with Crippen LogP contribution in [-0.2, 0) is 20.7 Å². The first-order valence-electron chi connectivity index (χ1n) is 11.0. The van der Waals surface area contributed by atoms with Crippen molar-refractivity contribution in [3.63, 3.8) is 0 Å². The Morgan fingerprint density at radius 3 is 2.42 bits per heavy atom. The first-order valence-corrected chi connectivity index (χ1v) is 12.2.